The molecule has 2 aliphatic heterocycles. The number of aromatic nitrogens is 1. The lowest BCUT2D eigenvalue weighted by Crippen LogP contribution is -2.63. The van der Waals surface area contributed by atoms with Gasteiger partial charge in [0.05, 0.1) is 5.56 Å². The molecule has 0 radical (unpaired) electrons. The number of hydrogen-bond donors (Lipinski definition) is 1. The molecular formula is C29H34ClF5N4O3. The van der Waals surface area contributed by atoms with Crippen LogP contribution in [0.25, 0.3) is 0 Å². The number of carbonyl (C=O) groups excluding carboxylic acids is 2. The molecule has 42 heavy (non-hydrogen) atoms. The fraction of sp³-hybridized carbons (Fsp3) is 0.552. The predicted molar refractivity (Wildman–Crippen MR) is 147 cm³/mol. The smallest absolute Gasteiger partial charge is 0.370 e. The number of anilines is 1. The molecule has 0 saturated carbocycles. The minimum Gasteiger partial charge on any atom is -0.370 e. The molecule has 3 heterocycles. The van der Waals surface area contributed by atoms with Crippen molar-refractivity contribution in [1.29, 1.82) is 0 Å². The molecule has 1 unspecified atom stereocenters. The van der Waals surface area contributed by atoms with Gasteiger partial charge >= 0.3 is 12.1 Å². The van der Waals surface area contributed by atoms with Gasteiger partial charge in [-0.05, 0) is 61.6 Å². The summed E-state index contributed by atoms with van der Waals surface area (Å²) in [5.41, 5.74) is -4.54. The number of aliphatic hydroxyl groups is 1. The number of alkyl halides is 5. The summed E-state index contributed by atoms with van der Waals surface area (Å²) in [6, 6.07) is 9.03. The Bertz CT molecular complexity index is 1260. The Morgan fingerprint density at radius 2 is 1.48 bits per heavy atom. The van der Waals surface area contributed by atoms with Gasteiger partial charge < -0.3 is 19.8 Å². The Balaban J connectivity index is 1.34. The van der Waals surface area contributed by atoms with Gasteiger partial charge in [-0.25, -0.2) is 4.98 Å². The Kier molecular flexibility index (Phi) is 9.37. The van der Waals surface area contributed by atoms with Crippen LogP contribution in [0.5, 0.6) is 0 Å². The van der Waals surface area contributed by atoms with Crippen LogP contribution in [-0.4, -0.2) is 84.1 Å². The average Bonchev–Trinajstić information content (AvgIpc) is 2.96. The van der Waals surface area contributed by atoms with E-state index in [1.54, 1.807) is 26.2 Å². The summed E-state index contributed by atoms with van der Waals surface area (Å²) in [6.45, 7) is 1.41. The van der Waals surface area contributed by atoms with E-state index in [-0.39, 0.29) is 30.1 Å². The Labute approximate surface area is 246 Å². The lowest BCUT2D eigenvalue weighted by atomic mass is 9.81. The first kappa shape index (κ1) is 31.9. The van der Waals surface area contributed by atoms with Crippen molar-refractivity contribution >= 4 is 29.2 Å². The highest BCUT2D eigenvalue weighted by Crippen LogP contribution is 2.49. The fourth-order valence-electron chi connectivity index (χ4n) is 5.79. The van der Waals surface area contributed by atoms with Crippen LogP contribution >= 0.6 is 11.6 Å². The largest absolute Gasteiger partial charge is 0.457 e. The normalized spacial score (nSPS) is 19.0. The zero-order valence-corrected chi connectivity index (χ0v) is 24.1. The van der Waals surface area contributed by atoms with Gasteiger partial charge in [0.15, 0.2) is 0 Å². The molecular weight excluding hydrogens is 583 g/mol. The Morgan fingerprint density at radius 3 is 1.98 bits per heavy atom. The number of rotatable bonds is 7. The number of benzene rings is 1. The number of hydrogen-bond acceptors (Lipinski definition) is 5. The summed E-state index contributed by atoms with van der Waals surface area (Å²) in [5, 5.41) is 10.9. The van der Waals surface area contributed by atoms with Crippen molar-refractivity contribution in [3.05, 3.63) is 58.7 Å². The molecule has 0 aliphatic carbocycles. The molecule has 7 nitrogen and oxygen atoms in total. The molecule has 2 aromatic rings. The summed E-state index contributed by atoms with van der Waals surface area (Å²) in [6.07, 6.45) is -2.69. The number of carbonyl (C=O) groups is 2. The second-order valence-corrected chi connectivity index (χ2v) is 11.6. The molecule has 1 atom stereocenters. The van der Waals surface area contributed by atoms with Gasteiger partial charge in [0.1, 0.15) is 11.0 Å². The van der Waals surface area contributed by atoms with E-state index in [1.807, 2.05) is 0 Å². The van der Waals surface area contributed by atoms with E-state index in [0.29, 0.717) is 30.1 Å². The van der Waals surface area contributed by atoms with E-state index in [0.717, 1.165) is 49.4 Å². The lowest BCUT2D eigenvalue weighted by Gasteiger charge is -2.42. The van der Waals surface area contributed by atoms with Crippen molar-refractivity contribution in [2.45, 2.75) is 49.8 Å². The molecule has 1 aromatic carbocycles. The fourth-order valence-corrected chi connectivity index (χ4v) is 6.02. The first-order chi connectivity index (χ1) is 19.7. The highest BCUT2D eigenvalue weighted by molar-refractivity contribution is 6.32. The van der Waals surface area contributed by atoms with Crippen molar-refractivity contribution in [3.63, 3.8) is 0 Å². The van der Waals surface area contributed by atoms with E-state index in [2.05, 4.69) is 9.88 Å². The maximum Gasteiger partial charge on any atom is 0.457 e. The van der Waals surface area contributed by atoms with Crippen molar-refractivity contribution in [2.24, 2.45) is 11.8 Å². The second kappa shape index (κ2) is 12.3. The maximum atomic E-state index is 14.7. The van der Waals surface area contributed by atoms with Gasteiger partial charge in [-0.2, -0.15) is 22.0 Å². The summed E-state index contributed by atoms with van der Waals surface area (Å²) in [4.78, 5) is 34.2. The summed E-state index contributed by atoms with van der Waals surface area (Å²) in [5.74, 6) is -6.35. The van der Waals surface area contributed by atoms with E-state index in [1.165, 1.54) is 23.1 Å². The van der Waals surface area contributed by atoms with Crippen molar-refractivity contribution in [2.75, 3.05) is 45.2 Å². The number of pyridine rings is 1. The van der Waals surface area contributed by atoms with Crippen LogP contribution in [0, 0.1) is 11.8 Å². The quantitative estimate of drug-likeness (QED) is 0.335. The van der Waals surface area contributed by atoms with Crippen molar-refractivity contribution in [3.8, 4) is 0 Å². The minimum absolute atomic E-state index is 0.0220. The standard InChI is InChI=1S/C29H34ClF5N4O3/c1-37(2)25(40)22-8-9-23(36-24(22)30)38-14-10-19(11-15-38)18-20-12-16-39(17-13-20)26(41)27(42,21-6-4-3-5-7-21)28(31,32)29(33,34)35/h3-9,19-20,42H,10-18H2,1-2H3. The zero-order valence-electron chi connectivity index (χ0n) is 23.4. The van der Waals surface area contributed by atoms with Crippen LogP contribution in [0.4, 0.5) is 27.8 Å². The molecule has 2 fully saturated rings. The molecule has 230 valence electrons. The van der Waals surface area contributed by atoms with Crippen LogP contribution in [0.15, 0.2) is 42.5 Å². The highest BCUT2D eigenvalue weighted by Gasteiger charge is 2.74. The maximum absolute atomic E-state index is 14.7. The summed E-state index contributed by atoms with van der Waals surface area (Å²) in [7, 11) is 3.27. The molecule has 4 rings (SSSR count). The molecule has 0 bridgehead atoms. The van der Waals surface area contributed by atoms with Crippen LogP contribution in [0.2, 0.25) is 5.15 Å². The van der Waals surface area contributed by atoms with E-state index >= 15 is 0 Å². The number of nitrogens with zero attached hydrogens (tertiary/aromatic N) is 4. The van der Waals surface area contributed by atoms with Gasteiger partial charge in [-0.15, -0.1) is 0 Å². The third-order valence-corrected chi connectivity index (χ3v) is 8.58. The summed E-state index contributed by atoms with van der Waals surface area (Å²) >= 11 is 6.26. The number of halogens is 6. The lowest BCUT2D eigenvalue weighted by molar-refractivity contribution is -0.339. The summed E-state index contributed by atoms with van der Waals surface area (Å²) < 4.78 is 69.5. The molecule has 0 spiro atoms. The van der Waals surface area contributed by atoms with Crippen LogP contribution < -0.4 is 4.90 Å². The van der Waals surface area contributed by atoms with E-state index in [9.17, 15) is 36.6 Å². The number of amides is 2. The van der Waals surface area contributed by atoms with Gasteiger partial charge in [0.25, 0.3) is 11.8 Å². The van der Waals surface area contributed by atoms with E-state index < -0.39 is 29.2 Å². The molecule has 2 aliphatic rings. The molecule has 13 heteroatoms. The minimum atomic E-state index is -6.13. The van der Waals surface area contributed by atoms with Gasteiger partial charge in [-0.3, -0.25) is 9.59 Å². The van der Waals surface area contributed by atoms with Crippen LogP contribution in [0.1, 0.15) is 48.0 Å². The van der Waals surface area contributed by atoms with Crippen molar-refractivity contribution < 1.29 is 36.6 Å². The molecule has 1 N–H and O–H groups in total. The Morgan fingerprint density at radius 1 is 0.929 bits per heavy atom. The topological polar surface area (TPSA) is 77.0 Å². The average molecular weight is 617 g/mol. The SMILES string of the molecule is CN(C)C(=O)c1ccc(N2CCC(CC3CCN(C(=O)C(O)(c4ccccc4)C(F)(F)C(F)(F)F)CC3)CC2)nc1Cl. The first-order valence-electron chi connectivity index (χ1n) is 13.8. The van der Waals surface area contributed by atoms with E-state index in [4.69, 9.17) is 11.6 Å². The van der Waals surface area contributed by atoms with Crippen molar-refractivity contribution in [1.82, 2.24) is 14.8 Å². The monoisotopic (exact) mass is 616 g/mol. The van der Waals surface area contributed by atoms with Gasteiger partial charge in [-0.1, -0.05) is 41.9 Å². The third-order valence-electron chi connectivity index (χ3n) is 8.29. The number of piperidine rings is 2. The zero-order chi connectivity index (χ0) is 30.9. The molecule has 2 saturated heterocycles. The molecule has 1 aromatic heterocycles. The predicted octanol–water partition coefficient (Wildman–Crippen LogP) is 5.37. The van der Waals surface area contributed by atoms with Gasteiger partial charge in [0, 0.05) is 40.3 Å². The Hall–Kier alpha value is -2.99. The first-order valence-corrected chi connectivity index (χ1v) is 14.2. The van der Waals surface area contributed by atoms with Crippen LogP contribution in [0.3, 0.4) is 0 Å². The number of likely N-dealkylation sites (tertiary alicyclic amines) is 1. The molecule has 2 amide bonds. The third kappa shape index (κ3) is 6.20. The van der Waals surface area contributed by atoms with Gasteiger partial charge in [0.2, 0.25) is 5.60 Å². The second-order valence-electron chi connectivity index (χ2n) is 11.3. The highest BCUT2D eigenvalue weighted by atomic mass is 35.5. The van der Waals surface area contributed by atoms with Crippen LogP contribution in [-0.2, 0) is 10.4 Å².